The molecule has 0 saturated carbocycles. The maximum Gasteiger partial charge on any atom is 0.404 e. The summed E-state index contributed by atoms with van der Waals surface area (Å²) in [6.45, 7) is 0.337. The molecule has 0 bridgehead atoms. The largest absolute Gasteiger partial charge is 0.465 e. The number of nitrogens with zero attached hydrogens (tertiary/aromatic N) is 1. The number of benzene rings is 1. The van der Waals surface area contributed by atoms with Crippen LogP contribution in [-0.2, 0) is 0 Å². The van der Waals surface area contributed by atoms with Crippen LogP contribution in [0.15, 0.2) is 48.8 Å². The molecule has 5 heteroatoms. The van der Waals surface area contributed by atoms with E-state index < -0.39 is 12.2 Å². The zero-order valence-corrected chi connectivity index (χ0v) is 11.6. The molecule has 1 amide bonds. The number of aromatic nitrogens is 1. The summed E-state index contributed by atoms with van der Waals surface area (Å²) in [5.41, 5.74) is 2.82. The van der Waals surface area contributed by atoms with E-state index in [-0.39, 0.29) is 0 Å². The molecule has 1 aromatic heterocycles. The number of aliphatic hydroxyl groups is 1. The average molecular weight is 286 g/mol. The van der Waals surface area contributed by atoms with E-state index in [1.807, 2.05) is 36.4 Å². The second-order valence-electron chi connectivity index (χ2n) is 4.71. The van der Waals surface area contributed by atoms with Gasteiger partial charge < -0.3 is 15.5 Å². The predicted molar refractivity (Wildman–Crippen MR) is 79.9 cm³/mol. The molecule has 0 saturated heterocycles. The second kappa shape index (κ2) is 7.40. The van der Waals surface area contributed by atoms with Crippen molar-refractivity contribution in [3.05, 3.63) is 54.4 Å². The predicted octanol–water partition coefficient (Wildman–Crippen LogP) is 2.83. The van der Waals surface area contributed by atoms with Crippen molar-refractivity contribution in [3.63, 3.8) is 0 Å². The quantitative estimate of drug-likeness (QED) is 0.713. The minimum atomic E-state index is -1.04. The molecular weight excluding hydrogens is 268 g/mol. The number of nitrogens with one attached hydrogen (secondary N) is 1. The smallest absolute Gasteiger partial charge is 0.404 e. The lowest BCUT2D eigenvalue weighted by Crippen LogP contribution is -2.22. The fourth-order valence-corrected chi connectivity index (χ4v) is 2.23. The van der Waals surface area contributed by atoms with E-state index in [0.29, 0.717) is 19.4 Å². The fraction of sp³-hybridized carbons (Fsp3) is 0.250. The van der Waals surface area contributed by atoms with Gasteiger partial charge in [0.15, 0.2) is 0 Å². The maximum atomic E-state index is 10.4. The standard InChI is InChI=1S/C16H18N2O3/c19-15(6-3-9-18-16(20)21)14-5-2-1-4-13(14)12-7-10-17-11-8-12/h1-2,4-5,7-8,10-11,15,18-19H,3,6,9H2,(H,20,21). The Hall–Kier alpha value is -2.40. The summed E-state index contributed by atoms with van der Waals surface area (Å²) in [5, 5.41) is 21.1. The summed E-state index contributed by atoms with van der Waals surface area (Å²) < 4.78 is 0. The highest BCUT2D eigenvalue weighted by Gasteiger charge is 2.13. The van der Waals surface area contributed by atoms with E-state index in [1.54, 1.807) is 12.4 Å². The molecule has 3 N–H and O–H groups in total. The molecule has 110 valence electrons. The second-order valence-corrected chi connectivity index (χ2v) is 4.71. The van der Waals surface area contributed by atoms with E-state index in [1.165, 1.54) is 0 Å². The number of rotatable bonds is 6. The van der Waals surface area contributed by atoms with Gasteiger partial charge in [-0.05, 0) is 41.7 Å². The van der Waals surface area contributed by atoms with Gasteiger partial charge in [0.1, 0.15) is 0 Å². The molecule has 0 spiro atoms. The molecule has 0 radical (unpaired) electrons. The number of carboxylic acid groups (broad SMARTS) is 1. The number of hydrogen-bond donors (Lipinski definition) is 3. The molecule has 1 aromatic carbocycles. The van der Waals surface area contributed by atoms with Crippen LogP contribution in [0.3, 0.4) is 0 Å². The van der Waals surface area contributed by atoms with Crippen molar-refractivity contribution in [3.8, 4) is 11.1 Å². The zero-order chi connectivity index (χ0) is 15.1. The summed E-state index contributed by atoms with van der Waals surface area (Å²) >= 11 is 0. The topological polar surface area (TPSA) is 82.5 Å². The Morgan fingerprint density at radius 1 is 1.19 bits per heavy atom. The summed E-state index contributed by atoms with van der Waals surface area (Å²) in [7, 11) is 0. The lowest BCUT2D eigenvalue weighted by Gasteiger charge is -2.15. The molecule has 0 aliphatic carbocycles. The highest BCUT2D eigenvalue weighted by molar-refractivity contribution is 5.67. The van der Waals surface area contributed by atoms with Crippen LogP contribution >= 0.6 is 0 Å². The first-order valence-corrected chi connectivity index (χ1v) is 6.82. The fourth-order valence-electron chi connectivity index (χ4n) is 2.23. The first-order chi connectivity index (χ1) is 10.2. The van der Waals surface area contributed by atoms with E-state index in [4.69, 9.17) is 5.11 Å². The highest BCUT2D eigenvalue weighted by Crippen LogP contribution is 2.29. The number of carbonyl (C=O) groups is 1. The van der Waals surface area contributed by atoms with Crippen molar-refractivity contribution in [2.24, 2.45) is 0 Å². The summed E-state index contributed by atoms with van der Waals surface area (Å²) in [5.74, 6) is 0. The van der Waals surface area contributed by atoms with Gasteiger partial charge in [-0.15, -0.1) is 0 Å². The summed E-state index contributed by atoms with van der Waals surface area (Å²) in [6, 6.07) is 11.5. The summed E-state index contributed by atoms with van der Waals surface area (Å²) in [6.07, 6.45) is 2.86. The van der Waals surface area contributed by atoms with Crippen LogP contribution in [0.25, 0.3) is 11.1 Å². The van der Waals surface area contributed by atoms with Gasteiger partial charge in [0.25, 0.3) is 0 Å². The van der Waals surface area contributed by atoms with Crippen LogP contribution in [0.4, 0.5) is 4.79 Å². The zero-order valence-electron chi connectivity index (χ0n) is 11.6. The van der Waals surface area contributed by atoms with E-state index >= 15 is 0 Å². The van der Waals surface area contributed by atoms with Crippen LogP contribution in [0, 0.1) is 0 Å². The van der Waals surface area contributed by atoms with Crippen molar-refractivity contribution in [2.45, 2.75) is 18.9 Å². The molecule has 1 heterocycles. The van der Waals surface area contributed by atoms with Crippen LogP contribution in [0.1, 0.15) is 24.5 Å². The Morgan fingerprint density at radius 3 is 2.62 bits per heavy atom. The van der Waals surface area contributed by atoms with Gasteiger partial charge in [-0.3, -0.25) is 4.98 Å². The van der Waals surface area contributed by atoms with Crippen LogP contribution < -0.4 is 5.32 Å². The highest BCUT2D eigenvalue weighted by atomic mass is 16.4. The molecule has 2 aromatic rings. The molecule has 0 aliphatic rings. The van der Waals surface area contributed by atoms with Crippen molar-refractivity contribution in [1.82, 2.24) is 10.3 Å². The summed E-state index contributed by atoms with van der Waals surface area (Å²) in [4.78, 5) is 14.4. The van der Waals surface area contributed by atoms with Crippen molar-refractivity contribution >= 4 is 6.09 Å². The number of hydrogen-bond acceptors (Lipinski definition) is 3. The van der Waals surface area contributed by atoms with Gasteiger partial charge in [0.05, 0.1) is 6.10 Å². The third kappa shape index (κ3) is 4.29. The maximum absolute atomic E-state index is 10.4. The minimum absolute atomic E-state index is 0.337. The molecular formula is C16H18N2O3. The Kier molecular flexibility index (Phi) is 5.29. The van der Waals surface area contributed by atoms with E-state index in [0.717, 1.165) is 16.7 Å². The van der Waals surface area contributed by atoms with Crippen molar-refractivity contribution < 1.29 is 15.0 Å². The molecule has 1 atom stereocenters. The van der Waals surface area contributed by atoms with Crippen molar-refractivity contribution in [2.75, 3.05) is 6.54 Å². The Balaban J connectivity index is 2.07. The number of amides is 1. The van der Waals surface area contributed by atoms with E-state index in [2.05, 4.69) is 10.3 Å². The normalized spacial score (nSPS) is 11.9. The van der Waals surface area contributed by atoms with E-state index in [9.17, 15) is 9.90 Å². The third-order valence-electron chi connectivity index (χ3n) is 3.24. The SMILES string of the molecule is O=C(O)NCCCC(O)c1ccccc1-c1ccncc1. The molecule has 2 rings (SSSR count). The first kappa shape index (κ1) is 15.0. The van der Waals surface area contributed by atoms with Crippen molar-refractivity contribution in [1.29, 1.82) is 0 Å². The molecule has 21 heavy (non-hydrogen) atoms. The van der Waals surface area contributed by atoms with Gasteiger partial charge >= 0.3 is 6.09 Å². The first-order valence-electron chi connectivity index (χ1n) is 6.82. The van der Waals surface area contributed by atoms with Gasteiger partial charge in [-0.2, -0.15) is 0 Å². The third-order valence-corrected chi connectivity index (χ3v) is 3.24. The van der Waals surface area contributed by atoms with Gasteiger partial charge in [-0.25, -0.2) is 4.79 Å². The van der Waals surface area contributed by atoms with Crippen LogP contribution in [0.5, 0.6) is 0 Å². The number of pyridine rings is 1. The Morgan fingerprint density at radius 2 is 1.90 bits per heavy atom. The van der Waals surface area contributed by atoms with Gasteiger partial charge in [-0.1, -0.05) is 24.3 Å². The van der Waals surface area contributed by atoms with Crippen LogP contribution in [0.2, 0.25) is 0 Å². The van der Waals surface area contributed by atoms with Gasteiger partial charge in [0.2, 0.25) is 0 Å². The molecule has 5 nitrogen and oxygen atoms in total. The molecule has 1 unspecified atom stereocenters. The monoisotopic (exact) mass is 286 g/mol. The molecule has 0 aliphatic heterocycles. The lowest BCUT2D eigenvalue weighted by molar-refractivity contribution is 0.163. The Bertz CT molecular complexity index is 587. The molecule has 0 fully saturated rings. The van der Waals surface area contributed by atoms with Gasteiger partial charge in [0, 0.05) is 18.9 Å². The average Bonchev–Trinajstić information content (AvgIpc) is 2.52. The Labute approximate surface area is 123 Å². The minimum Gasteiger partial charge on any atom is -0.465 e. The lowest BCUT2D eigenvalue weighted by atomic mass is 9.95. The number of aliphatic hydroxyl groups excluding tert-OH is 1. The van der Waals surface area contributed by atoms with Crippen LogP contribution in [-0.4, -0.2) is 27.8 Å².